The van der Waals surface area contributed by atoms with Crippen LogP contribution in [0.15, 0.2) is 16.5 Å². The van der Waals surface area contributed by atoms with Gasteiger partial charge in [0.1, 0.15) is 10.6 Å². The number of nitrogen functional groups attached to an aromatic ring is 1. The maximum Gasteiger partial charge on any atom is 0.350 e. The number of hydrogen-bond donors (Lipinski definition) is 1. The summed E-state index contributed by atoms with van der Waals surface area (Å²) < 4.78 is 10.1. The molecule has 18 heavy (non-hydrogen) atoms. The van der Waals surface area contributed by atoms with Gasteiger partial charge in [-0.2, -0.15) is 0 Å². The Morgan fingerprint density at radius 3 is 2.78 bits per heavy atom. The van der Waals surface area contributed by atoms with E-state index < -0.39 is 5.97 Å². The fourth-order valence-electron chi connectivity index (χ4n) is 1.71. The lowest BCUT2D eigenvalue weighted by atomic mass is 10.1. The third-order valence-electron chi connectivity index (χ3n) is 2.57. The Balaban J connectivity index is 2.57. The highest BCUT2D eigenvalue weighted by atomic mass is 35.5. The number of carbonyl (C=O) groups excluding carboxylic acids is 1. The van der Waals surface area contributed by atoms with E-state index in [0.29, 0.717) is 28.0 Å². The summed E-state index contributed by atoms with van der Waals surface area (Å²) >= 11 is 7.02. The van der Waals surface area contributed by atoms with Crippen LogP contribution in [0, 0.1) is 0 Å². The second-order valence-corrected chi connectivity index (χ2v) is 4.99. The number of ether oxygens (including phenoxy) is 1. The van der Waals surface area contributed by atoms with Crippen LogP contribution in [0.25, 0.3) is 10.6 Å². The summed E-state index contributed by atoms with van der Waals surface area (Å²) in [6, 6.07) is 3.41. The van der Waals surface area contributed by atoms with Gasteiger partial charge in [0.15, 0.2) is 5.22 Å². The summed E-state index contributed by atoms with van der Waals surface area (Å²) in [7, 11) is 1.33. The predicted octanol–water partition coefficient (Wildman–Crippen LogP) is 3.59. The molecule has 0 aliphatic rings. The van der Waals surface area contributed by atoms with Crippen molar-refractivity contribution in [2.75, 3.05) is 12.8 Å². The molecule has 2 heterocycles. The average molecular weight is 286 g/mol. The van der Waals surface area contributed by atoms with E-state index in [2.05, 4.69) is 0 Å². The molecule has 0 spiro atoms. The second-order valence-electron chi connectivity index (χ2n) is 3.60. The Labute approximate surface area is 113 Å². The molecule has 0 fully saturated rings. The van der Waals surface area contributed by atoms with Crippen LogP contribution in [0.5, 0.6) is 0 Å². The third kappa shape index (κ3) is 2.11. The standard InChI is InChI=1S/C12H12ClNO3S/c1-3-6-9(14)11(12(15)16-2)18-10(6)7-4-5-8(13)17-7/h4-5H,3,14H2,1-2H3. The van der Waals surface area contributed by atoms with E-state index in [4.69, 9.17) is 26.5 Å². The molecule has 2 N–H and O–H groups in total. The quantitative estimate of drug-likeness (QED) is 0.875. The van der Waals surface area contributed by atoms with E-state index in [0.717, 1.165) is 10.4 Å². The molecule has 0 saturated heterocycles. The van der Waals surface area contributed by atoms with Crippen molar-refractivity contribution in [3.63, 3.8) is 0 Å². The van der Waals surface area contributed by atoms with Gasteiger partial charge < -0.3 is 14.9 Å². The number of carbonyl (C=O) groups is 1. The SMILES string of the molecule is CCc1c(-c2ccc(Cl)o2)sc(C(=O)OC)c1N. The van der Waals surface area contributed by atoms with Crippen LogP contribution in [-0.4, -0.2) is 13.1 Å². The fraction of sp³-hybridized carbons (Fsp3) is 0.250. The highest BCUT2D eigenvalue weighted by molar-refractivity contribution is 7.18. The molecular weight excluding hydrogens is 274 g/mol. The minimum Gasteiger partial charge on any atom is -0.465 e. The summed E-state index contributed by atoms with van der Waals surface area (Å²) in [4.78, 5) is 12.8. The van der Waals surface area contributed by atoms with Gasteiger partial charge in [-0.1, -0.05) is 6.92 Å². The van der Waals surface area contributed by atoms with Crippen molar-refractivity contribution < 1.29 is 13.9 Å². The first-order valence-corrected chi connectivity index (χ1v) is 6.53. The van der Waals surface area contributed by atoms with Gasteiger partial charge in [0, 0.05) is 0 Å². The molecule has 0 radical (unpaired) electrons. The average Bonchev–Trinajstić information content (AvgIpc) is 2.92. The number of nitrogens with two attached hydrogens (primary N) is 1. The van der Waals surface area contributed by atoms with Gasteiger partial charge in [0.25, 0.3) is 0 Å². The number of anilines is 1. The molecule has 0 amide bonds. The van der Waals surface area contributed by atoms with Gasteiger partial charge in [0.05, 0.1) is 17.7 Å². The van der Waals surface area contributed by atoms with Crippen LogP contribution in [-0.2, 0) is 11.2 Å². The third-order valence-corrected chi connectivity index (χ3v) is 4.01. The molecule has 0 saturated carbocycles. The zero-order valence-electron chi connectivity index (χ0n) is 9.95. The second kappa shape index (κ2) is 5.04. The highest BCUT2D eigenvalue weighted by Gasteiger charge is 2.22. The van der Waals surface area contributed by atoms with Gasteiger partial charge in [-0.15, -0.1) is 11.3 Å². The normalized spacial score (nSPS) is 10.6. The molecule has 0 aliphatic heterocycles. The number of methoxy groups -OCH3 is 1. The highest BCUT2D eigenvalue weighted by Crippen LogP contribution is 2.40. The van der Waals surface area contributed by atoms with Crippen molar-refractivity contribution in [3.05, 3.63) is 27.8 Å². The topological polar surface area (TPSA) is 65.5 Å². The number of rotatable bonds is 3. The Morgan fingerprint density at radius 1 is 1.56 bits per heavy atom. The maximum atomic E-state index is 11.6. The molecule has 96 valence electrons. The van der Waals surface area contributed by atoms with E-state index in [-0.39, 0.29) is 0 Å². The minimum absolute atomic E-state index is 0.304. The van der Waals surface area contributed by atoms with Crippen LogP contribution in [0.1, 0.15) is 22.2 Å². The Morgan fingerprint density at radius 2 is 2.28 bits per heavy atom. The van der Waals surface area contributed by atoms with E-state index >= 15 is 0 Å². The molecule has 0 unspecified atom stereocenters. The van der Waals surface area contributed by atoms with Crippen molar-refractivity contribution >= 4 is 34.6 Å². The van der Waals surface area contributed by atoms with E-state index in [1.807, 2.05) is 6.92 Å². The number of thiophene rings is 1. The molecule has 0 aromatic carbocycles. The van der Waals surface area contributed by atoms with Gasteiger partial charge in [0.2, 0.25) is 0 Å². The van der Waals surface area contributed by atoms with Crippen molar-refractivity contribution in [1.29, 1.82) is 0 Å². The molecule has 0 aliphatic carbocycles. The van der Waals surface area contributed by atoms with E-state index in [1.54, 1.807) is 12.1 Å². The van der Waals surface area contributed by atoms with Gasteiger partial charge in [-0.25, -0.2) is 4.79 Å². The summed E-state index contributed by atoms with van der Waals surface area (Å²) in [5, 5.41) is 0.304. The fourth-order valence-corrected chi connectivity index (χ4v) is 3.05. The van der Waals surface area contributed by atoms with Crippen LogP contribution < -0.4 is 5.73 Å². The minimum atomic E-state index is -0.434. The molecule has 0 bridgehead atoms. The van der Waals surface area contributed by atoms with E-state index in [9.17, 15) is 4.79 Å². The summed E-state index contributed by atoms with van der Waals surface area (Å²) in [6.45, 7) is 1.97. The molecular formula is C12H12ClNO3S. The number of esters is 1. The first kappa shape index (κ1) is 13.0. The molecule has 2 aromatic rings. The summed E-state index contributed by atoms with van der Waals surface area (Å²) in [6.07, 6.45) is 0.701. The van der Waals surface area contributed by atoms with Crippen LogP contribution in [0.4, 0.5) is 5.69 Å². The molecule has 2 rings (SSSR count). The summed E-state index contributed by atoms with van der Waals surface area (Å²) in [5.41, 5.74) is 7.31. The maximum absolute atomic E-state index is 11.6. The van der Waals surface area contributed by atoms with Gasteiger partial charge in [-0.3, -0.25) is 0 Å². The van der Waals surface area contributed by atoms with E-state index in [1.165, 1.54) is 18.4 Å². The van der Waals surface area contributed by atoms with Crippen LogP contribution in [0.3, 0.4) is 0 Å². The zero-order valence-corrected chi connectivity index (χ0v) is 11.5. The van der Waals surface area contributed by atoms with Crippen LogP contribution >= 0.6 is 22.9 Å². The number of furan rings is 1. The lowest BCUT2D eigenvalue weighted by Gasteiger charge is -1.99. The zero-order chi connectivity index (χ0) is 13.3. The number of hydrogen-bond acceptors (Lipinski definition) is 5. The molecule has 0 atom stereocenters. The van der Waals surface area contributed by atoms with Crippen molar-refractivity contribution in [1.82, 2.24) is 0 Å². The lowest BCUT2D eigenvalue weighted by molar-refractivity contribution is 0.0607. The van der Waals surface area contributed by atoms with Gasteiger partial charge in [-0.05, 0) is 35.7 Å². The monoisotopic (exact) mass is 285 g/mol. The largest absolute Gasteiger partial charge is 0.465 e. The van der Waals surface area contributed by atoms with Crippen molar-refractivity contribution in [2.24, 2.45) is 0 Å². The first-order chi connectivity index (χ1) is 8.58. The lowest BCUT2D eigenvalue weighted by Crippen LogP contribution is -2.02. The Kier molecular flexibility index (Phi) is 3.63. The predicted molar refractivity (Wildman–Crippen MR) is 72.2 cm³/mol. The first-order valence-electron chi connectivity index (χ1n) is 5.33. The Hall–Kier alpha value is -1.46. The smallest absolute Gasteiger partial charge is 0.350 e. The molecule has 6 heteroatoms. The van der Waals surface area contributed by atoms with Crippen molar-refractivity contribution in [2.45, 2.75) is 13.3 Å². The van der Waals surface area contributed by atoms with Crippen molar-refractivity contribution in [3.8, 4) is 10.6 Å². The van der Waals surface area contributed by atoms with Gasteiger partial charge >= 0.3 is 5.97 Å². The Bertz CT molecular complexity index is 588. The molecule has 4 nitrogen and oxygen atoms in total. The van der Waals surface area contributed by atoms with Crippen LogP contribution in [0.2, 0.25) is 5.22 Å². The number of halogens is 1. The summed E-state index contributed by atoms with van der Waals surface area (Å²) in [5.74, 6) is 0.180. The molecule has 2 aromatic heterocycles.